The molecule has 9 heteroatoms. The van der Waals surface area contributed by atoms with E-state index in [2.05, 4.69) is 20.4 Å². The zero-order valence-electron chi connectivity index (χ0n) is 14.6. The summed E-state index contributed by atoms with van der Waals surface area (Å²) in [6, 6.07) is 5.43. The number of rotatable bonds is 3. The zero-order valence-corrected chi connectivity index (χ0v) is 14.6. The SMILES string of the molecule is O=C(N[C@@H]1CCCc2nn(-c3ccnc(C(F)(F)F)c3)cc21)c1ccncc1. The third-order valence-electron chi connectivity index (χ3n) is 4.65. The third kappa shape index (κ3) is 3.60. The summed E-state index contributed by atoms with van der Waals surface area (Å²) in [5.41, 5.74) is 1.39. The maximum atomic E-state index is 12.9. The van der Waals surface area contributed by atoms with Crippen LogP contribution in [-0.4, -0.2) is 25.7 Å². The van der Waals surface area contributed by atoms with E-state index < -0.39 is 11.9 Å². The second-order valence-corrected chi connectivity index (χ2v) is 6.53. The van der Waals surface area contributed by atoms with E-state index in [9.17, 15) is 18.0 Å². The molecule has 1 aliphatic rings. The molecule has 3 aromatic rings. The molecule has 0 aliphatic heterocycles. The van der Waals surface area contributed by atoms with E-state index in [0.717, 1.165) is 36.4 Å². The van der Waals surface area contributed by atoms with Gasteiger partial charge in [-0.3, -0.25) is 14.8 Å². The summed E-state index contributed by atoms with van der Waals surface area (Å²) >= 11 is 0. The van der Waals surface area contributed by atoms with Crippen molar-refractivity contribution in [2.75, 3.05) is 0 Å². The lowest BCUT2D eigenvalue weighted by molar-refractivity contribution is -0.141. The fourth-order valence-corrected chi connectivity index (χ4v) is 3.28. The summed E-state index contributed by atoms with van der Waals surface area (Å²) in [6.07, 6.45) is 3.63. The number of hydrogen-bond donors (Lipinski definition) is 1. The number of nitrogens with one attached hydrogen (secondary N) is 1. The predicted molar refractivity (Wildman–Crippen MR) is 93.7 cm³/mol. The van der Waals surface area contributed by atoms with Crippen molar-refractivity contribution in [3.05, 3.63) is 71.6 Å². The molecular formula is C19H16F3N5O. The minimum atomic E-state index is -4.52. The lowest BCUT2D eigenvalue weighted by Crippen LogP contribution is -2.30. The Morgan fingerprint density at radius 1 is 1.18 bits per heavy atom. The molecule has 0 radical (unpaired) electrons. The predicted octanol–water partition coefficient (Wildman–Crippen LogP) is 3.49. The van der Waals surface area contributed by atoms with Gasteiger partial charge in [0.2, 0.25) is 0 Å². The number of pyridine rings is 2. The van der Waals surface area contributed by atoms with Crippen LogP contribution in [0.4, 0.5) is 13.2 Å². The molecular weight excluding hydrogens is 371 g/mol. The van der Waals surface area contributed by atoms with E-state index in [1.165, 1.54) is 10.7 Å². The second-order valence-electron chi connectivity index (χ2n) is 6.53. The molecule has 1 atom stereocenters. The van der Waals surface area contributed by atoms with Crippen LogP contribution in [0.25, 0.3) is 5.69 Å². The molecule has 4 rings (SSSR count). The van der Waals surface area contributed by atoms with Crippen molar-refractivity contribution in [1.29, 1.82) is 0 Å². The Balaban J connectivity index is 1.61. The molecule has 1 amide bonds. The molecule has 0 bridgehead atoms. The highest BCUT2D eigenvalue weighted by Gasteiger charge is 2.33. The van der Waals surface area contributed by atoms with Crippen molar-refractivity contribution in [3.8, 4) is 5.69 Å². The summed E-state index contributed by atoms with van der Waals surface area (Å²) < 4.78 is 40.2. The van der Waals surface area contributed by atoms with Gasteiger partial charge in [-0.15, -0.1) is 0 Å². The number of halogens is 3. The lowest BCUT2D eigenvalue weighted by atomic mass is 9.93. The highest BCUT2D eigenvalue weighted by Crippen LogP contribution is 2.32. The molecule has 3 heterocycles. The topological polar surface area (TPSA) is 72.7 Å². The highest BCUT2D eigenvalue weighted by molar-refractivity contribution is 5.94. The van der Waals surface area contributed by atoms with Crippen LogP contribution < -0.4 is 5.32 Å². The molecule has 3 aromatic heterocycles. The Hall–Kier alpha value is -3.23. The molecule has 144 valence electrons. The average Bonchev–Trinajstić information content (AvgIpc) is 3.13. The van der Waals surface area contributed by atoms with Crippen molar-refractivity contribution in [3.63, 3.8) is 0 Å². The van der Waals surface area contributed by atoms with Crippen LogP contribution in [0, 0.1) is 0 Å². The number of carbonyl (C=O) groups excluding carboxylic acids is 1. The molecule has 0 aromatic carbocycles. The van der Waals surface area contributed by atoms with Gasteiger partial charge < -0.3 is 5.32 Å². The van der Waals surface area contributed by atoms with E-state index in [1.54, 1.807) is 30.7 Å². The van der Waals surface area contributed by atoms with Crippen LogP contribution in [-0.2, 0) is 12.6 Å². The fraction of sp³-hybridized carbons (Fsp3) is 0.263. The number of aromatic nitrogens is 4. The number of aryl methyl sites for hydroxylation is 1. The maximum Gasteiger partial charge on any atom is 0.433 e. The first kappa shape index (κ1) is 18.1. The van der Waals surface area contributed by atoms with E-state index in [0.29, 0.717) is 12.0 Å². The van der Waals surface area contributed by atoms with Gasteiger partial charge in [-0.2, -0.15) is 18.3 Å². The molecule has 0 saturated carbocycles. The Labute approximate surface area is 158 Å². The average molecular weight is 387 g/mol. The number of hydrogen-bond acceptors (Lipinski definition) is 4. The largest absolute Gasteiger partial charge is 0.433 e. The van der Waals surface area contributed by atoms with E-state index in [-0.39, 0.29) is 17.6 Å². The van der Waals surface area contributed by atoms with Crippen LogP contribution >= 0.6 is 0 Å². The van der Waals surface area contributed by atoms with Gasteiger partial charge >= 0.3 is 6.18 Å². The van der Waals surface area contributed by atoms with Gasteiger partial charge in [-0.05, 0) is 43.5 Å². The summed E-state index contributed by atoms with van der Waals surface area (Å²) in [5, 5.41) is 7.41. The van der Waals surface area contributed by atoms with Crippen LogP contribution in [0.3, 0.4) is 0 Å². The molecule has 1 aliphatic carbocycles. The maximum absolute atomic E-state index is 12.9. The second kappa shape index (κ2) is 7.06. The zero-order chi connectivity index (χ0) is 19.7. The number of alkyl halides is 3. The minimum Gasteiger partial charge on any atom is -0.345 e. The van der Waals surface area contributed by atoms with Crippen LogP contribution in [0.5, 0.6) is 0 Å². The van der Waals surface area contributed by atoms with Gasteiger partial charge in [-0.1, -0.05) is 0 Å². The molecule has 0 saturated heterocycles. The fourth-order valence-electron chi connectivity index (χ4n) is 3.28. The van der Waals surface area contributed by atoms with Gasteiger partial charge in [0.05, 0.1) is 17.4 Å². The Bertz CT molecular complexity index is 1000. The number of nitrogens with zero attached hydrogens (tertiary/aromatic N) is 4. The van der Waals surface area contributed by atoms with Crippen molar-refractivity contribution in [1.82, 2.24) is 25.1 Å². The molecule has 6 nitrogen and oxygen atoms in total. The molecule has 1 N–H and O–H groups in total. The lowest BCUT2D eigenvalue weighted by Gasteiger charge is -2.22. The normalized spacial score (nSPS) is 16.5. The Kier molecular flexibility index (Phi) is 4.58. The first-order valence-corrected chi connectivity index (χ1v) is 8.75. The van der Waals surface area contributed by atoms with Crippen LogP contribution in [0.15, 0.2) is 49.1 Å². The smallest absolute Gasteiger partial charge is 0.345 e. The van der Waals surface area contributed by atoms with E-state index in [1.807, 2.05) is 0 Å². The van der Waals surface area contributed by atoms with Gasteiger partial charge in [0.25, 0.3) is 5.91 Å². The Morgan fingerprint density at radius 3 is 2.71 bits per heavy atom. The highest BCUT2D eigenvalue weighted by atomic mass is 19.4. The van der Waals surface area contributed by atoms with Gasteiger partial charge in [0, 0.05) is 35.9 Å². The molecule has 0 fully saturated rings. The number of amides is 1. The van der Waals surface area contributed by atoms with Crippen molar-refractivity contribution in [2.24, 2.45) is 0 Å². The number of carbonyl (C=O) groups is 1. The van der Waals surface area contributed by atoms with Crippen molar-refractivity contribution >= 4 is 5.91 Å². The summed E-state index contributed by atoms with van der Waals surface area (Å²) in [7, 11) is 0. The minimum absolute atomic E-state index is 0.226. The van der Waals surface area contributed by atoms with Gasteiger partial charge in [0.15, 0.2) is 0 Å². The van der Waals surface area contributed by atoms with Gasteiger partial charge in [0.1, 0.15) is 5.69 Å². The molecule has 0 spiro atoms. The van der Waals surface area contributed by atoms with Crippen molar-refractivity contribution in [2.45, 2.75) is 31.5 Å². The molecule has 0 unspecified atom stereocenters. The van der Waals surface area contributed by atoms with Crippen LogP contribution in [0.2, 0.25) is 0 Å². The quantitative estimate of drug-likeness (QED) is 0.747. The first-order valence-electron chi connectivity index (χ1n) is 8.75. The van der Waals surface area contributed by atoms with E-state index in [4.69, 9.17) is 0 Å². The van der Waals surface area contributed by atoms with E-state index >= 15 is 0 Å². The van der Waals surface area contributed by atoms with Crippen molar-refractivity contribution < 1.29 is 18.0 Å². The van der Waals surface area contributed by atoms with Gasteiger partial charge in [-0.25, -0.2) is 4.68 Å². The molecule has 28 heavy (non-hydrogen) atoms. The summed E-state index contributed by atoms with van der Waals surface area (Å²) in [4.78, 5) is 19.7. The number of fused-ring (bicyclic) bond motifs is 1. The Morgan fingerprint density at radius 2 is 1.96 bits per heavy atom. The third-order valence-corrected chi connectivity index (χ3v) is 4.65. The summed E-state index contributed by atoms with van der Waals surface area (Å²) in [6.45, 7) is 0. The standard InChI is InChI=1S/C19H16F3N5O/c20-19(21,22)17-10-13(6-9-24-17)27-11-14-15(2-1-3-16(14)26-27)25-18(28)12-4-7-23-8-5-12/h4-11,15H,1-3H2,(H,25,28)/t15-/m1/s1. The summed E-state index contributed by atoms with van der Waals surface area (Å²) in [5.74, 6) is -0.226. The monoisotopic (exact) mass is 387 g/mol. The van der Waals surface area contributed by atoms with Crippen LogP contribution in [0.1, 0.15) is 46.2 Å². The first-order chi connectivity index (χ1) is 13.4.